The smallest absolute Gasteiger partial charge is 0.145 e. The summed E-state index contributed by atoms with van der Waals surface area (Å²) in [5.41, 5.74) is 5.82. The van der Waals surface area contributed by atoms with Crippen LogP contribution >= 0.6 is 11.6 Å². The number of alkyl halides is 1. The summed E-state index contributed by atoms with van der Waals surface area (Å²) in [6.45, 7) is 2.32. The maximum atomic E-state index is 12.9. The number of halogens is 2. The van der Waals surface area contributed by atoms with Gasteiger partial charge in [0.1, 0.15) is 23.1 Å². The lowest BCUT2D eigenvalue weighted by Gasteiger charge is -2.06. The Morgan fingerprint density at radius 1 is 1.60 bits per heavy atom. The molecular formula is C10H12ClFN2O. The number of nitrogens with zero attached hydrogens (tertiary/aromatic N) is 1. The summed E-state index contributed by atoms with van der Waals surface area (Å²) in [4.78, 5) is 3.95. The summed E-state index contributed by atoms with van der Waals surface area (Å²) < 4.78 is 18.2. The van der Waals surface area contributed by atoms with Gasteiger partial charge in [-0.15, -0.1) is 11.6 Å². The first-order valence-electron chi connectivity index (χ1n) is 4.48. The molecule has 0 atom stereocenters. The van der Waals surface area contributed by atoms with Crippen LogP contribution in [0.15, 0.2) is 23.2 Å². The number of benzene rings is 1. The van der Waals surface area contributed by atoms with Crippen LogP contribution in [0.1, 0.15) is 6.92 Å². The number of rotatable bonds is 4. The predicted molar refractivity (Wildman–Crippen MR) is 59.6 cm³/mol. The molecule has 0 aliphatic heterocycles. The van der Waals surface area contributed by atoms with Crippen molar-refractivity contribution in [3.63, 3.8) is 0 Å². The number of aliphatic imine (C=N–C) groups is 1. The molecule has 5 heteroatoms. The van der Waals surface area contributed by atoms with Gasteiger partial charge in [-0.1, -0.05) is 0 Å². The zero-order valence-electron chi connectivity index (χ0n) is 8.34. The highest BCUT2D eigenvalue weighted by Gasteiger charge is 2.04. The normalized spacial score (nSPS) is 11.5. The molecule has 0 saturated carbocycles. The quantitative estimate of drug-likeness (QED) is 0.491. The second-order valence-corrected chi connectivity index (χ2v) is 3.05. The first kappa shape index (κ1) is 11.8. The van der Waals surface area contributed by atoms with Gasteiger partial charge in [-0.3, -0.25) is 0 Å². The summed E-state index contributed by atoms with van der Waals surface area (Å²) >= 11 is 5.48. The molecule has 0 unspecified atom stereocenters. The monoisotopic (exact) mass is 230 g/mol. The van der Waals surface area contributed by atoms with Crippen LogP contribution in [0.25, 0.3) is 0 Å². The van der Waals surface area contributed by atoms with Crippen molar-refractivity contribution in [1.29, 1.82) is 0 Å². The maximum Gasteiger partial charge on any atom is 0.145 e. The Balaban J connectivity index is 3.06. The van der Waals surface area contributed by atoms with Gasteiger partial charge >= 0.3 is 0 Å². The Bertz CT molecular complexity index is 368. The van der Waals surface area contributed by atoms with E-state index in [1.165, 1.54) is 18.2 Å². The molecule has 0 radical (unpaired) electrons. The molecule has 1 rings (SSSR count). The molecule has 3 nitrogen and oxygen atoms in total. The SMILES string of the molecule is CCOc1ccc(F)cc1N=C(N)CCl. The second-order valence-electron chi connectivity index (χ2n) is 2.78. The highest BCUT2D eigenvalue weighted by atomic mass is 35.5. The lowest BCUT2D eigenvalue weighted by molar-refractivity contribution is 0.341. The molecule has 1 aromatic carbocycles. The predicted octanol–water partition coefficient (Wildman–Crippen LogP) is 2.45. The third-order valence-corrected chi connectivity index (χ3v) is 1.90. The van der Waals surface area contributed by atoms with Crippen LogP contribution in [0.5, 0.6) is 5.75 Å². The van der Waals surface area contributed by atoms with Gasteiger partial charge in [0, 0.05) is 6.07 Å². The second kappa shape index (κ2) is 5.56. The van der Waals surface area contributed by atoms with Gasteiger partial charge in [0.05, 0.1) is 12.5 Å². The van der Waals surface area contributed by atoms with Gasteiger partial charge in [0.25, 0.3) is 0 Å². The first-order chi connectivity index (χ1) is 7.17. The topological polar surface area (TPSA) is 47.6 Å². The van der Waals surface area contributed by atoms with Gasteiger partial charge in [-0.2, -0.15) is 0 Å². The van der Waals surface area contributed by atoms with Gasteiger partial charge in [-0.25, -0.2) is 9.38 Å². The Hall–Kier alpha value is -1.29. The highest BCUT2D eigenvalue weighted by Crippen LogP contribution is 2.28. The average Bonchev–Trinajstić information content (AvgIpc) is 2.22. The largest absolute Gasteiger partial charge is 0.492 e. The van der Waals surface area contributed by atoms with E-state index >= 15 is 0 Å². The lowest BCUT2D eigenvalue weighted by atomic mass is 10.3. The van der Waals surface area contributed by atoms with Crippen molar-refractivity contribution in [3.8, 4) is 5.75 Å². The summed E-state index contributed by atoms with van der Waals surface area (Å²) in [6, 6.07) is 4.07. The van der Waals surface area contributed by atoms with Gasteiger partial charge in [-0.05, 0) is 19.1 Å². The van der Waals surface area contributed by atoms with Crippen molar-refractivity contribution < 1.29 is 9.13 Å². The number of amidine groups is 1. The fourth-order valence-corrected chi connectivity index (χ4v) is 1.10. The minimum absolute atomic E-state index is 0.0993. The van der Waals surface area contributed by atoms with Crippen LogP contribution in [-0.4, -0.2) is 18.3 Å². The summed E-state index contributed by atoms with van der Waals surface area (Å²) in [5, 5.41) is 0. The minimum Gasteiger partial charge on any atom is -0.492 e. The Kier molecular flexibility index (Phi) is 4.37. The first-order valence-corrected chi connectivity index (χ1v) is 5.02. The van der Waals surface area contributed by atoms with E-state index < -0.39 is 0 Å². The van der Waals surface area contributed by atoms with Crippen LogP contribution < -0.4 is 10.5 Å². The zero-order chi connectivity index (χ0) is 11.3. The van der Waals surface area contributed by atoms with Crippen molar-refractivity contribution in [3.05, 3.63) is 24.0 Å². The van der Waals surface area contributed by atoms with Crippen molar-refractivity contribution in [2.24, 2.45) is 10.7 Å². The minimum atomic E-state index is -0.389. The van der Waals surface area contributed by atoms with Crippen LogP contribution in [0.4, 0.5) is 10.1 Å². The number of hydrogen-bond acceptors (Lipinski definition) is 2. The molecule has 0 fully saturated rings. The molecular weight excluding hydrogens is 219 g/mol. The van der Waals surface area contributed by atoms with Gasteiger partial charge < -0.3 is 10.5 Å². The summed E-state index contributed by atoms with van der Waals surface area (Å²) in [7, 11) is 0. The van der Waals surface area contributed by atoms with E-state index in [0.29, 0.717) is 18.0 Å². The number of ether oxygens (including phenoxy) is 1. The molecule has 0 bridgehead atoms. The van der Waals surface area contributed by atoms with Gasteiger partial charge in [0.15, 0.2) is 0 Å². The zero-order valence-corrected chi connectivity index (χ0v) is 9.09. The molecule has 2 N–H and O–H groups in total. The van der Waals surface area contributed by atoms with E-state index in [2.05, 4.69) is 4.99 Å². The molecule has 0 aliphatic carbocycles. The summed E-state index contributed by atoms with van der Waals surface area (Å²) in [6.07, 6.45) is 0. The van der Waals surface area contributed by atoms with Crippen LogP contribution in [0, 0.1) is 5.82 Å². The highest BCUT2D eigenvalue weighted by molar-refractivity contribution is 6.28. The van der Waals surface area contributed by atoms with Crippen molar-refractivity contribution >= 4 is 23.1 Å². The van der Waals surface area contributed by atoms with Crippen LogP contribution in [0.3, 0.4) is 0 Å². The molecule has 0 aliphatic rings. The molecule has 0 saturated heterocycles. The average molecular weight is 231 g/mol. The van der Waals surface area contributed by atoms with Crippen LogP contribution in [0.2, 0.25) is 0 Å². The molecule has 0 spiro atoms. The van der Waals surface area contributed by atoms with Crippen molar-refractivity contribution in [2.45, 2.75) is 6.92 Å². The van der Waals surface area contributed by atoms with E-state index in [9.17, 15) is 4.39 Å². The lowest BCUT2D eigenvalue weighted by Crippen LogP contribution is -2.12. The van der Waals surface area contributed by atoms with Crippen molar-refractivity contribution in [2.75, 3.05) is 12.5 Å². The Morgan fingerprint density at radius 3 is 2.93 bits per heavy atom. The molecule has 0 amide bonds. The molecule has 0 aromatic heterocycles. The van der Waals surface area contributed by atoms with E-state index in [1.807, 2.05) is 6.92 Å². The fourth-order valence-electron chi connectivity index (χ4n) is 1.04. The van der Waals surface area contributed by atoms with Crippen LogP contribution in [-0.2, 0) is 0 Å². The van der Waals surface area contributed by atoms with E-state index in [4.69, 9.17) is 22.1 Å². The molecule has 15 heavy (non-hydrogen) atoms. The Labute approximate surface area is 92.7 Å². The van der Waals surface area contributed by atoms with E-state index in [1.54, 1.807) is 0 Å². The van der Waals surface area contributed by atoms with E-state index in [-0.39, 0.29) is 17.5 Å². The van der Waals surface area contributed by atoms with Gasteiger partial charge in [0.2, 0.25) is 0 Å². The number of hydrogen-bond donors (Lipinski definition) is 1. The Morgan fingerprint density at radius 2 is 2.33 bits per heavy atom. The fraction of sp³-hybridized carbons (Fsp3) is 0.300. The number of nitrogens with two attached hydrogens (primary N) is 1. The van der Waals surface area contributed by atoms with E-state index in [0.717, 1.165) is 0 Å². The summed E-state index contributed by atoms with van der Waals surface area (Å²) in [5.74, 6) is 0.428. The standard InChI is InChI=1S/C10H12ClFN2O/c1-2-15-9-4-3-7(12)5-8(9)14-10(13)6-11/h3-5H,2,6H2,1H3,(H2,13,14). The maximum absolute atomic E-state index is 12.9. The van der Waals surface area contributed by atoms with Crippen molar-refractivity contribution in [1.82, 2.24) is 0 Å². The molecule has 0 heterocycles. The molecule has 1 aromatic rings. The third kappa shape index (κ3) is 3.40. The molecule has 82 valence electrons. The third-order valence-electron chi connectivity index (χ3n) is 1.62.